The molecule has 0 bridgehead atoms. The number of esters is 1. The van der Waals surface area contributed by atoms with Gasteiger partial charge < -0.3 is 9.15 Å². The zero-order valence-corrected chi connectivity index (χ0v) is 13.6. The van der Waals surface area contributed by atoms with Crippen LogP contribution in [-0.2, 0) is 21.4 Å². The second-order valence-electron chi connectivity index (χ2n) is 4.73. The molecule has 0 fully saturated rings. The van der Waals surface area contributed by atoms with Crippen LogP contribution in [0.15, 0.2) is 39.6 Å². The van der Waals surface area contributed by atoms with Gasteiger partial charge in [-0.3, -0.25) is 0 Å². The molecule has 0 aliphatic carbocycles. The molecule has 1 aromatic carbocycles. The van der Waals surface area contributed by atoms with Crippen molar-refractivity contribution in [2.75, 3.05) is 0 Å². The van der Waals surface area contributed by atoms with Crippen LogP contribution in [-0.4, -0.2) is 19.4 Å². The van der Waals surface area contributed by atoms with Crippen LogP contribution in [0.5, 0.6) is 0 Å². The second kappa shape index (κ2) is 5.76. The average Bonchev–Trinajstić information content (AvgIpc) is 3.07. The summed E-state index contributed by atoms with van der Waals surface area (Å²) in [7, 11) is -3.94. The van der Waals surface area contributed by atoms with Crippen molar-refractivity contribution in [3.63, 3.8) is 0 Å². The molecule has 0 amide bonds. The van der Waals surface area contributed by atoms with Crippen LogP contribution >= 0.6 is 11.3 Å². The number of fused-ring (bicyclic) bond motifs is 1. The van der Waals surface area contributed by atoms with Crippen molar-refractivity contribution in [2.45, 2.75) is 18.4 Å². The summed E-state index contributed by atoms with van der Waals surface area (Å²) in [6, 6.07) is 8.62. The fourth-order valence-corrected chi connectivity index (χ4v) is 3.62. The lowest BCUT2D eigenvalue weighted by atomic mass is 10.3. The number of hydrogen-bond acceptors (Lipinski definition) is 7. The van der Waals surface area contributed by atoms with Crippen LogP contribution in [0.2, 0.25) is 0 Å². The Morgan fingerprint density at radius 3 is 2.78 bits per heavy atom. The Morgan fingerprint density at radius 2 is 2.13 bits per heavy atom. The van der Waals surface area contributed by atoms with Gasteiger partial charge in [0, 0.05) is 6.07 Å². The highest BCUT2D eigenvalue weighted by atomic mass is 32.2. The maximum absolute atomic E-state index is 12.0. The van der Waals surface area contributed by atoms with Crippen LogP contribution < -0.4 is 5.14 Å². The van der Waals surface area contributed by atoms with Crippen LogP contribution in [0, 0.1) is 6.92 Å². The Morgan fingerprint density at radius 1 is 1.39 bits per heavy atom. The number of nitrogens with zero attached hydrogens (tertiary/aromatic N) is 1. The minimum Gasteiger partial charge on any atom is -0.453 e. The van der Waals surface area contributed by atoms with E-state index < -0.39 is 16.0 Å². The van der Waals surface area contributed by atoms with Crippen molar-refractivity contribution < 1.29 is 22.4 Å². The minimum atomic E-state index is -3.94. The van der Waals surface area contributed by atoms with Gasteiger partial charge in [0.25, 0.3) is 0 Å². The van der Waals surface area contributed by atoms with Gasteiger partial charge in [-0.15, -0.1) is 11.3 Å². The molecule has 120 valence electrons. The first-order valence-electron chi connectivity index (χ1n) is 6.49. The molecule has 7 nitrogen and oxygen atoms in total. The third-order valence-electron chi connectivity index (χ3n) is 3.04. The van der Waals surface area contributed by atoms with Crippen LogP contribution in [0.4, 0.5) is 0 Å². The maximum atomic E-state index is 12.0. The molecule has 2 aromatic heterocycles. The number of para-hydroxylation sites is 1. The SMILES string of the molecule is Cc1oc(C(=O)OCc2nc3ccccc3s2)cc1S(N)(=O)=O. The third-order valence-corrected chi connectivity index (χ3v) is 5.07. The van der Waals surface area contributed by atoms with Gasteiger partial charge in [-0.05, 0) is 19.1 Å². The number of nitrogens with two attached hydrogens (primary N) is 1. The van der Waals surface area contributed by atoms with Crippen molar-refractivity contribution in [2.24, 2.45) is 5.14 Å². The fraction of sp³-hybridized carbons (Fsp3) is 0.143. The Bertz CT molecular complexity index is 955. The van der Waals surface area contributed by atoms with Gasteiger partial charge in [0.2, 0.25) is 15.8 Å². The van der Waals surface area contributed by atoms with Gasteiger partial charge in [0.15, 0.2) is 0 Å². The van der Waals surface area contributed by atoms with E-state index in [1.54, 1.807) is 0 Å². The second-order valence-corrected chi connectivity index (χ2v) is 7.37. The lowest BCUT2D eigenvalue weighted by Gasteiger charge is -1.98. The highest BCUT2D eigenvalue weighted by Gasteiger charge is 2.22. The topological polar surface area (TPSA) is 112 Å². The van der Waals surface area contributed by atoms with Crippen molar-refractivity contribution in [3.05, 3.63) is 46.9 Å². The normalized spacial score (nSPS) is 11.7. The van der Waals surface area contributed by atoms with Gasteiger partial charge in [0.05, 0.1) is 10.2 Å². The van der Waals surface area contributed by atoms with Gasteiger partial charge in [-0.1, -0.05) is 12.1 Å². The van der Waals surface area contributed by atoms with Crippen molar-refractivity contribution in [3.8, 4) is 0 Å². The highest BCUT2D eigenvalue weighted by Crippen LogP contribution is 2.23. The van der Waals surface area contributed by atoms with Crippen LogP contribution in [0.1, 0.15) is 21.3 Å². The summed E-state index contributed by atoms with van der Waals surface area (Å²) >= 11 is 1.41. The monoisotopic (exact) mass is 352 g/mol. The van der Waals surface area contributed by atoms with Gasteiger partial charge in [-0.25, -0.2) is 23.3 Å². The predicted molar refractivity (Wildman–Crippen MR) is 83.6 cm³/mol. The summed E-state index contributed by atoms with van der Waals surface area (Å²) in [5.74, 6) is -0.950. The standard InChI is InChI=1S/C14H12N2O5S2/c1-8-12(23(15,18)19)6-10(21-8)14(17)20-7-13-16-9-4-2-3-5-11(9)22-13/h2-6H,7H2,1H3,(H2,15,18,19). The molecule has 0 saturated heterocycles. The predicted octanol–water partition coefficient (Wildman–Crippen LogP) is 2.20. The number of benzene rings is 1. The van der Waals surface area contributed by atoms with Crippen molar-refractivity contribution in [1.29, 1.82) is 0 Å². The number of aryl methyl sites for hydroxylation is 1. The molecule has 0 unspecified atom stereocenters. The average molecular weight is 352 g/mol. The molecule has 0 aliphatic rings. The molecule has 0 spiro atoms. The maximum Gasteiger partial charge on any atom is 0.374 e. The summed E-state index contributed by atoms with van der Waals surface area (Å²) < 4.78 is 33.8. The van der Waals surface area contributed by atoms with E-state index in [9.17, 15) is 13.2 Å². The summed E-state index contributed by atoms with van der Waals surface area (Å²) in [6.45, 7) is 1.38. The Balaban J connectivity index is 1.74. The molecule has 0 radical (unpaired) electrons. The quantitative estimate of drug-likeness (QED) is 0.720. The van der Waals surface area contributed by atoms with E-state index in [2.05, 4.69) is 4.98 Å². The molecule has 0 atom stereocenters. The van der Waals surface area contributed by atoms with Crippen molar-refractivity contribution >= 4 is 37.5 Å². The van der Waals surface area contributed by atoms with E-state index in [0.717, 1.165) is 16.3 Å². The molecule has 2 heterocycles. The number of furan rings is 1. The van der Waals surface area contributed by atoms with E-state index >= 15 is 0 Å². The molecule has 9 heteroatoms. The Kier molecular flexibility index (Phi) is 3.92. The van der Waals surface area contributed by atoms with E-state index in [-0.39, 0.29) is 23.0 Å². The van der Waals surface area contributed by atoms with Gasteiger partial charge >= 0.3 is 5.97 Å². The molecule has 3 rings (SSSR count). The highest BCUT2D eigenvalue weighted by molar-refractivity contribution is 7.89. The first-order chi connectivity index (χ1) is 10.8. The molecular formula is C14H12N2O5S2. The number of rotatable bonds is 4. The third kappa shape index (κ3) is 3.26. The molecular weight excluding hydrogens is 340 g/mol. The zero-order valence-electron chi connectivity index (χ0n) is 12.0. The summed E-state index contributed by atoms with van der Waals surface area (Å²) in [6.07, 6.45) is 0. The Labute approximate surface area is 135 Å². The van der Waals surface area contributed by atoms with E-state index in [1.807, 2.05) is 24.3 Å². The lowest BCUT2D eigenvalue weighted by molar-refractivity contribution is 0.0434. The lowest BCUT2D eigenvalue weighted by Crippen LogP contribution is -2.12. The fourth-order valence-electron chi connectivity index (χ4n) is 2.03. The number of hydrogen-bond donors (Lipinski definition) is 1. The first-order valence-corrected chi connectivity index (χ1v) is 8.85. The Hall–Kier alpha value is -2.23. The number of aromatic nitrogens is 1. The van der Waals surface area contributed by atoms with Crippen molar-refractivity contribution in [1.82, 2.24) is 4.98 Å². The van der Waals surface area contributed by atoms with E-state index in [1.165, 1.54) is 18.3 Å². The largest absolute Gasteiger partial charge is 0.453 e. The van der Waals surface area contributed by atoms with E-state index in [0.29, 0.717) is 5.01 Å². The van der Waals surface area contributed by atoms with Gasteiger partial charge in [0.1, 0.15) is 22.3 Å². The smallest absolute Gasteiger partial charge is 0.374 e. The molecule has 2 N–H and O–H groups in total. The summed E-state index contributed by atoms with van der Waals surface area (Å²) in [5.41, 5.74) is 0.828. The van der Waals surface area contributed by atoms with Gasteiger partial charge in [-0.2, -0.15) is 0 Å². The zero-order chi connectivity index (χ0) is 16.6. The number of sulfonamides is 1. The van der Waals surface area contributed by atoms with Crippen LogP contribution in [0.25, 0.3) is 10.2 Å². The minimum absolute atomic E-state index is 0.0252. The molecule has 23 heavy (non-hydrogen) atoms. The number of thiazole rings is 1. The first kappa shape index (κ1) is 15.7. The molecule has 3 aromatic rings. The molecule has 0 saturated carbocycles. The number of carbonyl (C=O) groups is 1. The van der Waals surface area contributed by atoms with Crippen LogP contribution in [0.3, 0.4) is 0 Å². The number of primary sulfonamides is 1. The number of carbonyl (C=O) groups excluding carboxylic acids is 1. The summed E-state index contributed by atoms with van der Waals surface area (Å²) in [4.78, 5) is 16.1. The molecule has 0 aliphatic heterocycles. The summed E-state index contributed by atoms with van der Waals surface area (Å²) in [5, 5.41) is 5.66. The van der Waals surface area contributed by atoms with E-state index in [4.69, 9.17) is 14.3 Å². The number of ether oxygens (including phenoxy) is 1.